The molecular formula is C13H17BrN2O3. The van der Waals surface area contributed by atoms with E-state index in [1.807, 2.05) is 0 Å². The molecule has 0 aliphatic rings. The number of hydrogen-bond donors (Lipinski definition) is 2. The quantitative estimate of drug-likeness (QED) is 0.566. The van der Waals surface area contributed by atoms with Crippen molar-refractivity contribution in [3.05, 3.63) is 24.3 Å². The van der Waals surface area contributed by atoms with E-state index in [-0.39, 0.29) is 12.5 Å². The van der Waals surface area contributed by atoms with Crippen LogP contribution in [0.5, 0.6) is 5.75 Å². The smallest absolute Gasteiger partial charge is 0.255 e. The number of halogens is 1. The molecule has 0 atom stereocenters. The number of hydrogen-bond acceptors (Lipinski definition) is 3. The SMILES string of the molecule is NC(=O)COc1cccc(NC(=O)CCCCBr)c1. The molecule has 1 aromatic carbocycles. The van der Waals surface area contributed by atoms with Gasteiger partial charge in [0, 0.05) is 23.5 Å². The monoisotopic (exact) mass is 328 g/mol. The number of ether oxygens (including phenoxy) is 1. The van der Waals surface area contributed by atoms with Crippen LogP contribution >= 0.6 is 15.9 Å². The number of primary amides is 1. The summed E-state index contributed by atoms with van der Waals surface area (Å²) < 4.78 is 5.16. The molecule has 0 fully saturated rings. The van der Waals surface area contributed by atoms with Crippen molar-refractivity contribution in [3.63, 3.8) is 0 Å². The van der Waals surface area contributed by atoms with E-state index in [0.717, 1.165) is 18.2 Å². The van der Waals surface area contributed by atoms with Crippen LogP contribution in [-0.4, -0.2) is 23.8 Å². The number of alkyl halides is 1. The number of amides is 2. The average molecular weight is 329 g/mol. The molecule has 1 rings (SSSR count). The Bertz CT molecular complexity index is 438. The second kappa shape index (κ2) is 8.53. The largest absolute Gasteiger partial charge is 0.484 e. The van der Waals surface area contributed by atoms with Crippen LogP contribution in [0.2, 0.25) is 0 Å². The normalized spacial score (nSPS) is 9.95. The van der Waals surface area contributed by atoms with E-state index in [4.69, 9.17) is 10.5 Å². The number of nitrogens with one attached hydrogen (secondary N) is 1. The summed E-state index contributed by atoms with van der Waals surface area (Å²) in [5.74, 6) is -0.0747. The molecule has 1 aromatic rings. The van der Waals surface area contributed by atoms with E-state index >= 15 is 0 Å². The van der Waals surface area contributed by atoms with Gasteiger partial charge in [0.15, 0.2) is 6.61 Å². The number of nitrogens with two attached hydrogens (primary N) is 1. The van der Waals surface area contributed by atoms with Crippen LogP contribution in [0.25, 0.3) is 0 Å². The van der Waals surface area contributed by atoms with Crippen molar-refractivity contribution in [1.82, 2.24) is 0 Å². The van der Waals surface area contributed by atoms with Gasteiger partial charge in [-0.25, -0.2) is 0 Å². The van der Waals surface area contributed by atoms with Gasteiger partial charge < -0.3 is 15.8 Å². The molecule has 0 bridgehead atoms. The fourth-order valence-electron chi connectivity index (χ4n) is 1.42. The molecule has 5 nitrogen and oxygen atoms in total. The minimum atomic E-state index is -0.538. The molecule has 3 N–H and O–H groups in total. The zero-order chi connectivity index (χ0) is 14.1. The predicted octanol–water partition coefficient (Wildman–Crippen LogP) is 2.05. The minimum absolute atomic E-state index is 0.0343. The van der Waals surface area contributed by atoms with Crippen molar-refractivity contribution < 1.29 is 14.3 Å². The van der Waals surface area contributed by atoms with Crippen LogP contribution in [0, 0.1) is 0 Å². The highest BCUT2D eigenvalue weighted by Crippen LogP contribution is 2.17. The number of carbonyl (C=O) groups excluding carboxylic acids is 2. The van der Waals surface area contributed by atoms with Gasteiger partial charge in [-0.05, 0) is 25.0 Å². The van der Waals surface area contributed by atoms with Gasteiger partial charge in [0.2, 0.25) is 5.91 Å². The molecule has 0 aliphatic heterocycles. The maximum Gasteiger partial charge on any atom is 0.255 e. The lowest BCUT2D eigenvalue weighted by Gasteiger charge is -2.08. The van der Waals surface area contributed by atoms with E-state index in [1.165, 1.54) is 0 Å². The van der Waals surface area contributed by atoms with Crippen LogP contribution in [0.4, 0.5) is 5.69 Å². The molecular weight excluding hydrogens is 312 g/mol. The fraction of sp³-hybridized carbons (Fsp3) is 0.385. The summed E-state index contributed by atoms with van der Waals surface area (Å²) in [6.45, 7) is -0.178. The molecule has 0 saturated carbocycles. The van der Waals surface area contributed by atoms with Gasteiger partial charge in [-0.15, -0.1) is 0 Å². The summed E-state index contributed by atoms with van der Waals surface area (Å²) in [6.07, 6.45) is 2.29. The van der Waals surface area contributed by atoms with Gasteiger partial charge in [0.25, 0.3) is 5.91 Å². The van der Waals surface area contributed by atoms with E-state index in [2.05, 4.69) is 21.2 Å². The highest BCUT2D eigenvalue weighted by molar-refractivity contribution is 9.09. The molecule has 0 aromatic heterocycles. The van der Waals surface area contributed by atoms with Crippen molar-refractivity contribution in [2.24, 2.45) is 5.73 Å². The first-order chi connectivity index (χ1) is 9.11. The molecule has 0 saturated heterocycles. The lowest BCUT2D eigenvalue weighted by atomic mass is 10.2. The van der Waals surface area contributed by atoms with Crippen LogP contribution in [0.15, 0.2) is 24.3 Å². The molecule has 0 heterocycles. The Kier molecular flexibility index (Phi) is 6.95. The number of anilines is 1. The van der Waals surface area contributed by atoms with E-state index in [9.17, 15) is 9.59 Å². The number of rotatable bonds is 8. The van der Waals surface area contributed by atoms with Gasteiger partial charge in [-0.1, -0.05) is 22.0 Å². The molecule has 0 unspecified atom stereocenters. The van der Waals surface area contributed by atoms with Crippen molar-refractivity contribution in [2.45, 2.75) is 19.3 Å². The van der Waals surface area contributed by atoms with Crippen LogP contribution in [0.3, 0.4) is 0 Å². The second-order valence-corrected chi connectivity index (χ2v) is 4.77. The highest BCUT2D eigenvalue weighted by atomic mass is 79.9. The molecule has 6 heteroatoms. The maximum atomic E-state index is 11.6. The van der Waals surface area contributed by atoms with Crippen LogP contribution in [-0.2, 0) is 9.59 Å². The Labute approximate surface area is 120 Å². The fourth-order valence-corrected chi connectivity index (χ4v) is 1.82. The minimum Gasteiger partial charge on any atom is -0.484 e. The Morgan fingerprint density at radius 2 is 2.11 bits per heavy atom. The van der Waals surface area contributed by atoms with Gasteiger partial charge in [0.05, 0.1) is 0 Å². The first kappa shape index (κ1) is 15.5. The van der Waals surface area contributed by atoms with Crippen molar-refractivity contribution >= 4 is 33.4 Å². The third-order valence-corrected chi connectivity index (χ3v) is 2.85. The summed E-state index contributed by atoms with van der Waals surface area (Å²) in [5, 5.41) is 3.68. The summed E-state index contributed by atoms with van der Waals surface area (Å²) in [6, 6.07) is 6.86. The summed E-state index contributed by atoms with van der Waals surface area (Å²) in [5.41, 5.74) is 5.63. The van der Waals surface area contributed by atoms with E-state index < -0.39 is 5.91 Å². The Morgan fingerprint density at radius 1 is 1.32 bits per heavy atom. The average Bonchev–Trinajstić information content (AvgIpc) is 2.37. The first-order valence-corrected chi connectivity index (χ1v) is 7.11. The topological polar surface area (TPSA) is 81.4 Å². The number of carbonyl (C=O) groups is 2. The Hall–Kier alpha value is -1.56. The lowest BCUT2D eigenvalue weighted by Crippen LogP contribution is -2.20. The van der Waals surface area contributed by atoms with Crippen molar-refractivity contribution in [1.29, 1.82) is 0 Å². The number of unbranched alkanes of at least 4 members (excludes halogenated alkanes) is 1. The van der Waals surface area contributed by atoms with Gasteiger partial charge in [0.1, 0.15) is 5.75 Å². The van der Waals surface area contributed by atoms with E-state index in [0.29, 0.717) is 17.9 Å². The zero-order valence-corrected chi connectivity index (χ0v) is 12.1. The van der Waals surface area contributed by atoms with E-state index in [1.54, 1.807) is 24.3 Å². The second-order valence-electron chi connectivity index (χ2n) is 3.98. The number of benzene rings is 1. The summed E-state index contributed by atoms with van der Waals surface area (Å²) in [4.78, 5) is 22.2. The summed E-state index contributed by atoms with van der Waals surface area (Å²) in [7, 11) is 0. The first-order valence-electron chi connectivity index (χ1n) is 5.99. The van der Waals surface area contributed by atoms with Gasteiger partial charge >= 0.3 is 0 Å². The van der Waals surface area contributed by atoms with Gasteiger partial charge in [-0.3, -0.25) is 9.59 Å². The van der Waals surface area contributed by atoms with Crippen LogP contribution in [0.1, 0.15) is 19.3 Å². The van der Waals surface area contributed by atoms with Crippen LogP contribution < -0.4 is 15.8 Å². The Balaban J connectivity index is 2.47. The third kappa shape index (κ3) is 6.81. The maximum absolute atomic E-state index is 11.6. The van der Waals surface area contributed by atoms with Crippen molar-refractivity contribution in [2.75, 3.05) is 17.3 Å². The molecule has 104 valence electrons. The third-order valence-electron chi connectivity index (χ3n) is 2.29. The predicted molar refractivity (Wildman–Crippen MR) is 77.4 cm³/mol. The summed E-state index contributed by atoms with van der Waals surface area (Å²) >= 11 is 3.32. The molecule has 0 spiro atoms. The highest BCUT2D eigenvalue weighted by Gasteiger charge is 2.04. The van der Waals surface area contributed by atoms with Gasteiger partial charge in [-0.2, -0.15) is 0 Å². The Morgan fingerprint density at radius 3 is 2.79 bits per heavy atom. The molecule has 2 amide bonds. The zero-order valence-electron chi connectivity index (χ0n) is 10.5. The molecule has 0 radical (unpaired) electrons. The van der Waals surface area contributed by atoms with Crippen molar-refractivity contribution in [3.8, 4) is 5.75 Å². The standard InChI is InChI=1S/C13H17BrN2O3/c14-7-2-1-6-13(18)16-10-4-3-5-11(8-10)19-9-12(15)17/h3-5,8H,1-2,6-7,9H2,(H2,15,17)(H,16,18). The molecule has 0 aliphatic carbocycles. The molecule has 19 heavy (non-hydrogen) atoms. The lowest BCUT2D eigenvalue weighted by molar-refractivity contribution is -0.120.